The summed E-state index contributed by atoms with van der Waals surface area (Å²) >= 11 is 0. The third kappa shape index (κ3) is 2.11. The van der Waals surface area contributed by atoms with E-state index in [1.54, 1.807) is 0 Å². The topological polar surface area (TPSA) is 28.7 Å². The average molecular weight is 250 g/mol. The molecule has 1 saturated carbocycles. The lowest BCUT2D eigenvalue weighted by molar-refractivity contribution is 0.566. The molecule has 0 unspecified atom stereocenters. The monoisotopic (exact) mass is 250 g/mol. The summed E-state index contributed by atoms with van der Waals surface area (Å²) in [4.78, 5) is 7.41. The normalized spacial score (nSPS) is 18.1. The van der Waals surface area contributed by atoms with Gasteiger partial charge in [0.05, 0.1) is 5.52 Å². The van der Waals surface area contributed by atoms with Gasteiger partial charge in [-0.15, -0.1) is 0 Å². The standard InChI is InChI=1S/C14H16F2N2/c15-10-7-11(16)13-12(8-10)17-14(18-13)9-5-3-1-2-4-6-9/h7-9H,1-6H2,(H,17,18). The number of benzene rings is 1. The Balaban J connectivity index is 1.99. The fourth-order valence-corrected chi connectivity index (χ4v) is 2.81. The minimum atomic E-state index is -0.582. The fourth-order valence-electron chi connectivity index (χ4n) is 2.81. The van der Waals surface area contributed by atoms with Crippen LogP contribution >= 0.6 is 0 Å². The Morgan fingerprint density at radius 2 is 1.78 bits per heavy atom. The van der Waals surface area contributed by atoms with E-state index in [2.05, 4.69) is 9.97 Å². The molecule has 1 aliphatic rings. The summed E-state index contributed by atoms with van der Waals surface area (Å²) in [5, 5.41) is 0. The van der Waals surface area contributed by atoms with E-state index >= 15 is 0 Å². The minimum Gasteiger partial charge on any atom is -0.342 e. The number of nitrogens with one attached hydrogen (secondary N) is 1. The van der Waals surface area contributed by atoms with Crippen LogP contribution in [0.1, 0.15) is 50.3 Å². The molecule has 1 fully saturated rings. The lowest BCUT2D eigenvalue weighted by Crippen LogP contribution is -1.99. The molecule has 0 aliphatic heterocycles. The van der Waals surface area contributed by atoms with E-state index in [-0.39, 0.29) is 5.52 Å². The molecule has 0 radical (unpaired) electrons. The van der Waals surface area contributed by atoms with E-state index in [1.165, 1.54) is 31.7 Å². The molecule has 1 N–H and O–H groups in total. The highest BCUT2D eigenvalue weighted by molar-refractivity contribution is 5.75. The van der Waals surface area contributed by atoms with Crippen LogP contribution in [-0.4, -0.2) is 9.97 Å². The molecule has 4 heteroatoms. The molecule has 0 atom stereocenters. The maximum atomic E-state index is 13.6. The number of halogens is 2. The van der Waals surface area contributed by atoms with Crippen molar-refractivity contribution in [3.05, 3.63) is 29.6 Å². The van der Waals surface area contributed by atoms with Gasteiger partial charge >= 0.3 is 0 Å². The van der Waals surface area contributed by atoms with Crippen LogP contribution in [0.3, 0.4) is 0 Å². The fraction of sp³-hybridized carbons (Fsp3) is 0.500. The van der Waals surface area contributed by atoms with E-state index in [0.717, 1.165) is 24.7 Å². The first kappa shape index (κ1) is 11.6. The van der Waals surface area contributed by atoms with Gasteiger partial charge in [0.2, 0.25) is 0 Å². The van der Waals surface area contributed by atoms with Crippen molar-refractivity contribution in [2.75, 3.05) is 0 Å². The first-order chi connectivity index (χ1) is 8.74. The molecule has 18 heavy (non-hydrogen) atoms. The molecule has 0 amide bonds. The largest absolute Gasteiger partial charge is 0.342 e. The first-order valence-corrected chi connectivity index (χ1v) is 6.59. The maximum absolute atomic E-state index is 13.6. The zero-order valence-electron chi connectivity index (χ0n) is 10.2. The molecule has 0 bridgehead atoms. The van der Waals surface area contributed by atoms with E-state index in [4.69, 9.17) is 0 Å². The van der Waals surface area contributed by atoms with Gasteiger partial charge in [-0.25, -0.2) is 13.8 Å². The Hall–Kier alpha value is -1.45. The number of rotatable bonds is 1. The second-order valence-corrected chi connectivity index (χ2v) is 5.09. The molecule has 1 aromatic carbocycles. The van der Waals surface area contributed by atoms with Crippen LogP contribution in [-0.2, 0) is 0 Å². The van der Waals surface area contributed by atoms with E-state index in [1.807, 2.05) is 0 Å². The van der Waals surface area contributed by atoms with Gasteiger partial charge in [-0.05, 0) is 18.9 Å². The lowest BCUT2D eigenvalue weighted by Gasteiger charge is -2.09. The summed E-state index contributed by atoms with van der Waals surface area (Å²) in [6.45, 7) is 0. The van der Waals surface area contributed by atoms with Crippen LogP contribution in [0.25, 0.3) is 11.0 Å². The van der Waals surface area contributed by atoms with Crippen molar-refractivity contribution < 1.29 is 8.78 Å². The molecule has 1 aromatic heterocycles. The number of H-pyrrole nitrogens is 1. The maximum Gasteiger partial charge on any atom is 0.153 e. The highest BCUT2D eigenvalue weighted by Gasteiger charge is 2.19. The van der Waals surface area contributed by atoms with Crippen molar-refractivity contribution in [1.29, 1.82) is 0 Å². The number of hydrogen-bond donors (Lipinski definition) is 1. The lowest BCUT2D eigenvalue weighted by atomic mass is 10.00. The highest BCUT2D eigenvalue weighted by atomic mass is 19.1. The Labute approximate surface area is 104 Å². The van der Waals surface area contributed by atoms with Crippen LogP contribution < -0.4 is 0 Å². The predicted octanol–water partition coefficient (Wildman–Crippen LogP) is 4.28. The van der Waals surface area contributed by atoms with Gasteiger partial charge in [0, 0.05) is 12.0 Å². The quantitative estimate of drug-likeness (QED) is 0.752. The van der Waals surface area contributed by atoms with Crippen molar-refractivity contribution in [2.45, 2.75) is 44.4 Å². The summed E-state index contributed by atoms with van der Waals surface area (Å²) in [6, 6.07) is 2.20. The van der Waals surface area contributed by atoms with Crippen LogP contribution in [0, 0.1) is 11.6 Å². The Morgan fingerprint density at radius 1 is 1.06 bits per heavy atom. The molecular formula is C14H16F2N2. The molecule has 96 valence electrons. The molecule has 2 nitrogen and oxygen atoms in total. The third-order valence-corrected chi connectivity index (χ3v) is 3.77. The highest BCUT2D eigenvalue weighted by Crippen LogP contribution is 2.31. The molecule has 0 saturated heterocycles. The van der Waals surface area contributed by atoms with Crippen LogP contribution in [0.5, 0.6) is 0 Å². The Morgan fingerprint density at radius 3 is 2.50 bits per heavy atom. The Bertz CT molecular complexity index is 554. The van der Waals surface area contributed by atoms with Crippen molar-refractivity contribution in [1.82, 2.24) is 9.97 Å². The van der Waals surface area contributed by atoms with Crippen molar-refractivity contribution in [3.63, 3.8) is 0 Å². The first-order valence-electron chi connectivity index (χ1n) is 6.59. The van der Waals surface area contributed by atoms with Gasteiger partial charge in [-0.2, -0.15) is 0 Å². The Kier molecular flexibility index (Phi) is 3.02. The SMILES string of the molecule is Fc1cc(F)c2nc(C3CCCCCC3)[nH]c2c1. The van der Waals surface area contributed by atoms with Crippen LogP contribution in [0.4, 0.5) is 8.78 Å². The third-order valence-electron chi connectivity index (χ3n) is 3.77. The van der Waals surface area contributed by atoms with Gasteiger partial charge in [-0.3, -0.25) is 0 Å². The number of aromatic nitrogens is 2. The smallest absolute Gasteiger partial charge is 0.153 e. The van der Waals surface area contributed by atoms with Gasteiger partial charge in [-0.1, -0.05) is 25.7 Å². The molecule has 1 aliphatic carbocycles. The summed E-state index contributed by atoms with van der Waals surface area (Å²) in [5.74, 6) is 0.0379. The van der Waals surface area contributed by atoms with E-state index < -0.39 is 11.6 Å². The van der Waals surface area contributed by atoms with Crippen LogP contribution in [0.15, 0.2) is 12.1 Å². The van der Waals surface area contributed by atoms with Crippen molar-refractivity contribution >= 4 is 11.0 Å². The molecule has 3 rings (SSSR count). The van der Waals surface area contributed by atoms with Gasteiger partial charge < -0.3 is 4.98 Å². The van der Waals surface area contributed by atoms with Crippen molar-refractivity contribution in [3.8, 4) is 0 Å². The number of fused-ring (bicyclic) bond motifs is 1. The molecular weight excluding hydrogens is 234 g/mol. The van der Waals surface area contributed by atoms with Crippen LogP contribution in [0.2, 0.25) is 0 Å². The van der Waals surface area contributed by atoms with Gasteiger partial charge in [0.1, 0.15) is 17.2 Å². The average Bonchev–Trinajstić information content (AvgIpc) is 2.59. The second kappa shape index (κ2) is 4.67. The van der Waals surface area contributed by atoms with Crippen molar-refractivity contribution in [2.24, 2.45) is 0 Å². The number of nitrogens with zero attached hydrogens (tertiary/aromatic N) is 1. The molecule has 0 spiro atoms. The van der Waals surface area contributed by atoms with E-state index in [9.17, 15) is 8.78 Å². The zero-order chi connectivity index (χ0) is 12.5. The number of hydrogen-bond acceptors (Lipinski definition) is 1. The van der Waals surface area contributed by atoms with Gasteiger partial charge in [0.15, 0.2) is 5.82 Å². The molecule has 2 aromatic rings. The summed E-state index contributed by atoms with van der Waals surface area (Å²) < 4.78 is 26.7. The zero-order valence-corrected chi connectivity index (χ0v) is 10.2. The van der Waals surface area contributed by atoms with Gasteiger partial charge in [0.25, 0.3) is 0 Å². The summed E-state index contributed by atoms with van der Waals surface area (Å²) in [7, 11) is 0. The predicted molar refractivity (Wildman–Crippen MR) is 66.5 cm³/mol. The summed E-state index contributed by atoms with van der Waals surface area (Å²) in [6.07, 6.45) is 7.09. The number of aromatic amines is 1. The summed E-state index contributed by atoms with van der Waals surface area (Å²) in [5.41, 5.74) is 0.724. The van der Waals surface area contributed by atoms with E-state index in [0.29, 0.717) is 11.4 Å². The molecule has 1 heterocycles. The number of imidazole rings is 1. The minimum absolute atomic E-state index is 0.260. The second-order valence-electron chi connectivity index (χ2n) is 5.09.